The molecule has 0 aliphatic carbocycles. The van der Waals surface area contributed by atoms with E-state index in [0.29, 0.717) is 12.8 Å². The smallest absolute Gasteiger partial charge is 0.322 e. The lowest BCUT2D eigenvalue weighted by Gasteiger charge is -2.21. The van der Waals surface area contributed by atoms with Crippen LogP contribution in [0.4, 0.5) is 0 Å². The summed E-state index contributed by atoms with van der Waals surface area (Å²) in [5.74, 6) is -4.85. The molecule has 12 nitrogen and oxygen atoms in total. The van der Waals surface area contributed by atoms with Gasteiger partial charge in [0, 0.05) is 30.3 Å². The zero-order chi connectivity index (χ0) is 32.5. The monoisotopic (exact) mass is 625 g/mol. The van der Waals surface area contributed by atoms with Crippen molar-refractivity contribution in [2.45, 2.75) is 101 Å². The highest BCUT2D eigenvalue weighted by atomic mass is 32.2. The Hall–Kier alpha value is -3.45. The fourth-order valence-corrected chi connectivity index (χ4v) is 4.80. The summed E-state index contributed by atoms with van der Waals surface area (Å²) in [5.41, 5.74) is 5.45. The number of carbonyl (C=O) groups is 6. The minimum atomic E-state index is -1.25. The van der Waals surface area contributed by atoms with Crippen LogP contribution < -0.4 is 16.4 Å². The van der Waals surface area contributed by atoms with E-state index in [1.807, 2.05) is 12.2 Å². The normalized spacial score (nSPS) is 13.6. The molecule has 0 spiro atoms. The Morgan fingerprint density at radius 2 is 1.53 bits per heavy atom. The topological polar surface area (TPSA) is 213 Å². The van der Waals surface area contributed by atoms with Gasteiger partial charge in [0.1, 0.15) is 18.6 Å². The fraction of sp³-hybridized carbons (Fsp3) is 0.600. The predicted molar refractivity (Wildman–Crippen MR) is 166 cm³/mol. The molecular formula is C30H47N3O9S. The molecule has 13 heteroatoms. The van der Waals surface area contributed by atoms with Gasteiger partial charge in [-0.3, -0.25) is 28.8 Å². The number of carboxylic acid groups (broad SMARTS) is 3. The molecule has 0 aromatic rings. The summed E-state index contributed by atoms with van der Waals surface area (Å²) in [6.45, 7) is 1.52. The number of amides is 2. The average molecular weight is 626 g/mol. The Kier molecular flexibility index (Phi) is 23.1. The second-order valence-electron chi connectivity index (χ2n) is 9.93. The number of hydrogen-bond donors (Lipinski definition) is 6. The third kappa shape index (κ3) is 23.8. The van der Waals surface area contributed by atoms with Crippen LogP contribution in [-0.2, 0) is 28.8 Å². The van der Waals surface area contributed by atoms with Crippen molar-refractivity contribution in [3.63, 3.8) is 0 Å². The van der Waals surface area contributed by atoms with Crippen LogP contribution in [0.25, 0.3) is 0 Å². The second-order valence-corrected chi connectivity index (χ2v) is 11.3. The molecule has 242 valence electrons. The number of carboxylic acids is 3. The maximum absolute atomic E-state index is 12.7. The number of carbonyl (C=O) groups excluding carboxylic acids is 3. The van der Waals surface area contributed by atoms with E-state index >= 15 is 0 Å². The summed E-state index contributed by atoms with van der Waals surface area (Å²) in [5, 5.41) is 31.3. The third-order valence-electron chi connectivity index (χ3n) is 6.06. The van der Waals surface area contributed by atoms with Crippen LogP contribution in [0.15, 0.2) is 36.5 Å². The SMILES string of the molecule is CCCCC/C=C\C/C=C\C[C@H](C/C=C\C(=O)CCCC(=O)O)SC[C@@H](NC(=O)CC[C@H](N)C(=O)O)C(=O)NCC(=O)O. The Bertz CT molecular complexity index is 982. The number of aliphatic carboxylic acids is 3. The maximum Gasteiger partial charge on any atom is 0.322 e. The van der Waals surface area contributed by atoms with Crippen molar-refractivity contribution in [1.29, 1.82) is 0 Å². The maximum atomic E-state index is 12.7. The van der Waals surface area contributed by atoms with Gasteiger partial charge in [-0.1, -0.05) is 50.1 Å². The molecule has 0 fully saturated rings. The van der Waals surface area contributed by atoms with E-state index in [2.05, 4.69) is 29.7 Å². The zero-order valence-electron chi connectivity index (χ0n) is 24.9. The molecule has 3 atom stereocenters. The van der Waals surface area contributed by atoms with Gasteiger partial charge < -0.3 is 31.7 Å². The number of hydrogen-bond acceptors (Lipinski definition) is 8. The van der Waals surface area contributed by atoms with Gasteiger partial charge in [0.05, 0.1) is 0 Å². The van der Waals surface area contributed by atoms with Gasteiger partial charge in [-0.05, 0) is 51.0 Å². The van der Waals surface area contributed by atoms with Crippen LogP contribution in [-0.4, -0.2) is 80.5 Å². The number of nitrogens with two attached hydrogens (primary N) is 1. The summed E-state index contributed by atoms with van der Waals surface area (Å²) in [6.07, 6.45) is 17.7. The quantitative estimate of drug-likeness (QED) is 0.0466. The Labute approximate surface area is 257 Å². The van der Waals surface area contributed by atoms with Crippen LogP contribution in [0.3, 0.4) is 0 Å². The molecule has 0 aromatic heterocycles. The summed E-state index contributed by atoms with van der Waals surface area (Å²) < 4.78 is 0. The molecule has 0 aromatic carbocycles. The summed E-state index contributed by atoms with van der Waals surface area (Å²) >= 11 is 1.36. The lowest BCUT2D eigenvalue weighted by atomic mass is 10.1. The van der Waals surface area contributed by atoms with Crippen molar-refractivity contribution < 1.29 is 44.1 Å². The number of unbranched alkanes of at least 4 members (excludes halogenated alkanes) is 3. The van der Waals surface area contributed by atoms with Crippen molar-refractivity contribution >= 4 is 47.3 Å². The number of rotatable bonds is 26. The molecule has 2 amide bonds. The zero-order valence-corrected chi connectivity index (χ0v) is 25.7. The van der Waals surface area contributed by atoms with Gasteiger partial charge in [0.25, 0.3) is 0 Å². The molecular weight excluding hydrogens is 578 g/mol. The number of allylic oxidation sites excluding steroid dienone is 6. The minimum absolute atomic E-state index is 0.0881. The van der Waals surface area contributed by atoms with E-state index in [0.717, 1.165) is 19.3 Å². The first-order chi connectivity index (χ1) is 20.5. The van der Waals surface area contributed by atoms with Crippen LogP contribution in [0.2, 0.25) is 0 Å². The highest BCUT2D eigenvalue weighted by Gasteiger charge is 2.24. The van der Waals surface area contributed by atoms with Crippen molar-refractivity contribution in [2.24, 2.45) is 5.73 Å². The highest BCUT2D eigenvalue weighted by Crippen LogP contribution is 2.21. The second kappa shape index (κ2) is 25.1. The first-order valence-corrected chi connectivity index (χ1v) is 15.6. The molecule has 0 aliphatic rings. The third-order valence-corrected chi connectivity index (χ3v) is 7.44. The lowest BCUT2D eigenvalue weighted by molar-refractivity contribution is -0.139. The molecule has 0 bridgehead atoms. The van der Waals surface area contributed by atoms with E-state index in [1.54, 1.807) is 6.08 Å². The van der Waals surface area contributed by atoms with Gasteiger partial charge in [0.15, 0.2) is 5.78 Å². The Morgan fingerprint density at radius 1 is 0.837 bits per heavy atom. The van der Waals surface area contributed by atoms with Crippen LogP contribution in [0.1, 0.15) is 84.0 Å². The number of nitrogens with one attached hydrogen (secondary N) is 2. The Morgan fingerprint density at radius 3 is 2.19 bits per heavy atom. The first-order valence-electron chi connectivity index (χ1n) is 14.6. The van der Waals surface area contributed by atoms with Crippen LogP contribution in [0.5, 0.6) is 0 Å². The minimum Gasteiger partial charge on any atom is -0.481 e. The van der Waals surface area contributed by atoms with Gasteiger partial charge in [-0.25, -0.2) is 0 Å². The number of thioether (sulfide) groups is 1. The predicted octanol–water partition coefficient (Wildman–Crippen LogP) is 3.21. The van der Waals surface area contributed by atoms with Crippen LogP contribution in [0, 0.1) is 0 Å². The van der Waals surface area contributed by atoms with Crippen molar-refractivity contribution in [1.82, 2.24) is 10.6 Å². The average Bonchev–Trinajstić information content (AvgIpc) is 2.94. The van der Waals surface area contributed by atoms with Crippen molar-refractivity contribution in [3.05, 3.63) is 36.5 Å². The molecule has 0 heterocycles. The summed E-state index contributed by atoms with van der Waals surface area (Å²) in [6, 6.07) is -2.32. The first kappa shape index (κ1) is 39.5. The molecule has 7 N–H and O–H groups in total. The lowest BCUT2D eigenvalue weighted by Crippen LogP contribution is -2.49. The van der Waals surface area contributed by atoms with E-state index < -0.39 is 48.4 Å². The molecule has 0 rings (SSSR count). The van der Waals surface area contributed by atoms with E-state index in [9.17, 15) is 28.8 Å². The summed E-state index contributed by atoms with van der Waals surface area (Å²) in [4.78, 5) is 69.7. The van der Waals surface area contributed by atoms with Crippen molar-refractivity contribution in [3.8, 4) is 0 Å². The fourth-order valence-electron chi connectivity index (χ4n) is 3.61. The molecule has 0 aliphatic heterocycles. The Balaban J connectivity index is 5.36. The van der Waals surface area contributed by atoms with Gasteiger partial charge in [0.2, 0.25) is 11.8 Å². The van der Waals surface area contributed by atoms with E-state index in [-0.39, 0.29) is 48.9 Å². The van der Waals surface area contributed by atoms with E-state index in [4.69, 9.17) is 21.1 Å². The van der Waals surface area contributed by atoms with Crippen molar-refractivity contribution in [2.75, 3.05) is 12.3 Å². The number of ketones is 1. The standard InChI is InChI=1S/C30H47N3O9S/c1-2-3-4-5-6-7-8-9-10-15-23(16-11-13-22(34)14-12-17-27(36)37)43-21-25(29(40)32-20-28(38)39)33-26(35)19-18-24(31)30(41)42/h6-7,9-11,13,23-25H,2-5,8,12,14-21,31H2,1H3,(H,32,40)(H,33,35)(H,36,37)(H,38,39)(H,41,42)/b7-6-,10-9-,13-11-/t23-,24+,25-/m1/s1. The highest BCUT2D eigenvalue weighted by molar-refractivity contribution is 8.00. The van der Waals surface area contributed by atoms with E-state index in [1.165, 1.54) is 30.7 Å². The summed E-state index contributed by atoms with van der Waals surface area (Å²) in [7, 11) is 0. The van der Waals surface area contributed by atoms with Gasteiger partial charge >= 0.3 is 17.9 Å². The largest absolute Gasteiger partial charge is 0.481 e. The molecule has 0 saturated carbocycles. The van der Waals surface area contributed by atoms with Gasteiger partial charge in [-0.2, -0.15) is 11.8 Å². The molecule has 0 unspecified atom stereocenters. The van der Waals surface area contributed by atoms with Gasteiger partial charge in [-0.15, -0.1) is 0 Å². The molecule has 43 heavy (non-hydrogen) atoms. The molecule has 0 radical (unpaired) electrons. The molecule has 0 saturated heterocycles. The van der Waals surface area contributed by atoms with Crippen LogP contribution >= 0.6 is 11.8 Å².